The third-order valence-corrected chi connectivity index (χ3v) is 1.90. The van der Waals surface area contributed by atoms with Crippen LogP contribution in [0.15, 0.2) is 18.2 Å². The number of carboxylic acids is 1. The van der Waals surface area contributed by atoms with Gasteiger partial charge in [-0.3, -0.25) is 4.79 Å². The monoisotopic (exact) mass is 178 g/mol. The van der Waals surface area contributed by atoms with Crippen LogP contribution < -0.4 is 0 Å². The molecule has 1 aromatic carbocycles. The smallest absolute Gasteiger partial charge is 0.336 e. The summed E-state index contributed by atoms with van der Waals surface area (Å²) in [7, 11) is 0. The van der Waals surface area contributed by atoms with Crippen LogP contribution in [0.4, 0.5) is 0 Å². The predicted molar refractivity (Wildman–Crippen MR) is 48.2 cm³/mol. The Kier molecular flexibility index (Phi) is 2.80. The third kappa shape index (κ3) is 1.75. The first-order valence-electron chi connectivity index (χ1n) is 4.01. The van der Waals surface area contributed by atoms with E-state index in [2.05, 4.69) is 0 Å². The van der Waals surface area contributed by atoms with E-state index in [0.29, 0.717) is 18.3 Å². The van der Waals surface area contributed by atoms with Gasteiger partial charge in [0.15, 0.2) is 6.29 Å². The van der Waals surface area contributed by atoms with Crippen LogP contribution in [0.25, 0.3) is 0 Å². The van der Waals surface area contributed by atoms with Crippen LogP contribution in [0.3, 0.4) is 0 Å². The number of hydrogen-bond acceptors (Lipinski definition) is 2. The van der Waals surface area contributed by atoms with Gasteiger partial charge in [0.05, 0.1) is 5.56 Å². The van der Waals surface area contributed by atoms with Crippen molar-refractivity contribution in [3.05, 3.63) is 34.9 Å². The first-order valence-corrected chi connectivity index (χ1v) is 4.01. The van der Waals surface area contributed by atoms with Gasteiger partial charge >= 0.3 is 5.97 Å². The van der Waals surface area contributed by atoms with Gasteiger partial charge in [-0.05, 0) is 12.0 Å². The molecule has 0 heterocycles. The van der Waals surface area contributed by atoms with Crippen LogP contribution in [-0.2, 0) is 6.42 Å². The second-order valence-corrected chi connectivity index (χ2v) is 2.66. The average Bonchev–Trinajstić information content (AvgIpc) is 2.16. The molecule has 0 bridgehead atoms. The number of aryl methyl sites for hydroxylation is 1. The van der Waals surface area contributed by atoms with E-state index in [4.69, 9.17) is 5.11 Å². The number of carboxylic acid groups (broad SMARTS) is 1. The lowest BCUT2D eigenvalue weighted by Crippen LogP contribution is -2.06. The number of benzene rings is 1. The second-order valence-electron chi connectivity index (χ2n) is 2.66. The molecule has 1 N–H and O–H groups in total. The highest BCUT2D eigenvalue weighted by atomic mass is 16.4. The molecular formula is C10H10O3. The van der Waals surface area contributed by atoms with Gasteiger partial charge in [-0.1, -0.05) is 25.1 Å². The highest BCUT2D eigenvalue weighted by Crippen LogP contribution is 2.13. The van der Waals surface area contributed by atoms with Crippen molar-refractivity contribution in [3.63, 3.8) is 0 Å². The lowest BCUT2D eigenvalue weighted by Gasteiger charge is -2.04. The molecule has 0 amide bonds. The van der Waals surface area contributed by atoms with Gasteiger partial charge in [-0.15, -0.1) is 0 Å². The van der Waals surface area contributed by atoms with E-state index in [1.165, 1.54) is 6.07 Å². The van der Waals surface area contributed by atoms with Crippen molar-refractivity contribution in [2.24, 2.45) is 0 Å². The Morgan fingerprint density at radius 2 is 2.23 bits per heavy atom. The van der Waals surface area contributed by atoms with Crippen molar-refractivity contribution in [2.75, 3.05) is 0 Å². The van der Waals surface area contributed by atoms with Crippen LogP contribution in [0.2, 0.25) is 0 Å². The number of aldehydes is 1. The fourth-order valence-electron chi connectivity index (χ4n) is 1.27. The van der Waals surface area contributed by atoms with Gasteiger partial charge in [-0.25, -0.2) is 4.79 Å². The van der Waals surface area contributed by atoms with E-state index < -0.39 is 5.97 Å². The van der Waals surface area contributed by atoms with E-state index in [1.807, 2.05) is 6.92 Å². The van der Waals surface area contributed by atoms with E-state index in [1.54, 1.807) is 12.1 Å². The maximum Gasteiger partial charge on any atom is 0.336 e. The molecule has 0 aliphatic rings. The molecule has 0 aliphatic carbocycles. The fraction of sp³-hybridized carbons (Fsp3) is 0.200. The molecule has 13 heavy (non-hydrogen) atoms. The van der Waals surface area contributed by atoms with Gasteiger partial charge in [0, 0.05) is 5.56 Å². The Bertz CT molecular complexity index is 342. The normalized spacial score (nSPS) is 9.62. The Balaban J connectivity index is 3.38. The van der Waals surface area contributed by atoms with Crippen molar-refractivity contribution in [1.29, 1.82) is 0 Å². The van der Waals surface area contributed by atoms with E-state index in [0.717, 1.165) is 0 Å². The van der Waals surface area contributed by atoms with Gasteiger partial charge in [0.25, 0.3) is 0 Å². The first-order chi connectivity index (χ1) is 6.20. The number of aromatic carboxylic acids is 1. The zero-order valence-corrected chi connectivity index (χ0v) is 7.28. The Hall–Kier alpha value is -1.64. The maximum absolute atomic E-state index is 10.8. The van der Waals surface area contributed by atoms with Crippen molar-refractivity contribution in [1.82, 2.24) is 0 Å². The zero-order valence-electron chi connectivity index (χ0n) is 7.28. The van der Waals surface area contributed by atoms with Crippen molar-refractivity contribution >= 4 is 12.3 Å². The summed E-state index contributed by atoms with van der Waals surface area (Å²) in [6.45, 7) is 1.86. The third-order valence-electron chi connectivity index (χ3n) is 1.90. The molecule has 0 radical (unpaired) electrons. The van der Waals surface area contributed by atoms with Gasteiger partial charge < -0.3 is 5.11 Å². The molecule has 0 unspecified atom stereocenters. The minimum Gasteiger partial charge on any atom is -0.478 e. The molecule has 0 spiro atoms. The second kappa shape index (κ2) is 3.85. The fourth-order valence-corrected chi connectivity index (χ4v) is 1.27. The lowest BCUT2D eigenvalue weighted by atomic mass is 10.0. The van der Waals surface area contributed by atoms with Crippen molar-refractivity contribution < 1.29 is 14.7 Å². The van der Waals surface area contributed by atoms with Crippen LogP contribution >= 0.6 is 0 Å². The summed E-state index contributed by atoms with van der Waals surface area (Å²) in [6.07, 6.45) is 1.19. The topological polar surface area (TPSA) is 54.4 Å². The summed E-state index contributed by atoms with van der Waals surface area (Å²) in [5.41, 5.74) is 1.06. The largest absolute Gasteiger partial charge is 0.478 e. The number of carbonyl (C=O) groups excluding carboxylic acids is 1. The summed E-state index contributed by atoms with van der Waals surface area (Å²) in [4.78, 5) is 21.3. The Morgan fingerprint density at radius 3 is 2.69 bits per heavy atom. The quantitative estimate of drug-likeness (QED) is 0.717. The van der Waals surface area contributed by atoms with Crippen LogP contribution in [0.1, 0.15) is 33.2 Å². The van der Waals surface area contributed by atoms with Crippen LogP contribution in [0, 0.1) is 0 Å². The highest BCUT2D eigenvalue weighted by molar-refractivity contribution is 5.98. The van der Waals surface area contributed by atoms with Crippen LogP contribution in [0.5, 0.6) is 0 Å². The number of hydrogen-bond donors (Lipinski definition) is 1. The summed E-state index contributed by atoms with van der Waals surface area (Å²) in [6, 6.07) is 4.92. The molecule has 1 aromatic rings. The predicted octanol–water partition coefficient (Wildman–Crippen LogP) is 1.76. The zero-order chi connectivity index (χ0) is 9.84. The molecule has 3 heteroatoms. The lowest BCUT2D eigenvalue weighted by molar-refractivity contribution is 0.0693. The summed E-state index contributed by atoms with van der Waals surface area (Å²) in [5.74, 6) is -1.04. The molecule has 0 atom stereocenters. The molecule has 1 rings (SSSR count). The molecule has 0 saturated heterocycles. The average molecular weight is 178 g/mol. The maximum atomic E-state index is 10.8. The summed E-state index contributed by atoms with van der Waals surface area (Å²) >= 11 is 0. The molecule has 0 aliphatic heterocycles. The van der Waals surface area contributed by atoms with E-state index >= 15 is 0 Å². The molecule has 0 aromatic heterocycles. The van der Waals surface area contributed by atoms with Gasteiger partial charge in [-0.2, -0.15) is 0 Å². The molecule has 0 saturated carbocycles. The Labute approximate surface area is 76.0 Å². The minimum absolute atomic E-state index is 0.125. The van der Waals surface area contributed by atoms with Gasteiger partial charge in [0.1, 0.15) is 0 Å². The SMILES string of the molecule is CCc1cccc(C=O)c1C(=O)O. The van der Waals surface area contributed by atoms with Crippen molar-refractivity contribution in [3.8, 4) is 0 Å². The molecule has 0 fully saturated rings. The van der Waals surface area contributed by atoms with E-state index in [9.17, 15) is 9.59 Å². The minimum atomic E-state index is -1.04. The summed E-state index contributed by atoms with van der Waals surface area (Å²) < 4.78 is 0. The highest BCUT2D eigenvalue weighted by Gasteiger charge is 2.12. The van der Waals surface area contributed by atoms with E-state index in [-0.39, 0.29) is 11.1 Å². The van der Waals surface area contributed by atoms with Crippen molar-refractivity contribution in [2.45, 2.75) is 13.3 Å². The molecule has 68 valence electrons. The molecule has 3 nitrogen and oxygen atoms in total. The first kappa shape index (κ1) is 9.45. The number of carbonyl (C=O) groups is 2. The number of rotatable bonds is 3. The Morgan fingerprint density at radius 1 is 1.54 bits per heavy atom. The van der Waals surface area contributed by atoms with Crippen LogP contribution in [-0.4, -0.2) is 17.4 Å². The standard InChI is InChI=1S/C10H10O3/c1-2-7-4-3-5-8(6-11)9(7)10(12)13/h3-6H,2H2,1H3,(H,12,13). The van der Waals surface area contributed by atoms with Gasteiger partial charge in [0.2, 0.25) is 0 Å². The summed E-state index contributed by atoms with van der Waals surface area (Å²) in [5, 5.41) is 8.85. The molecular weight excluding hydrogens is 168 g/mol.